The first kappa shape index (κ1) is 21.2. The number of carbonyl (C=O) groups excluding carboxylic acids is 1. The lowest BCUT2D eigenvalue weighted by atomic mass is 10.1. The van der Waals surface area contributed by atoms with Crippen molar-refractivity contribution in [1.29, 1.82) is 0 Å². The van der Waals surface area contributed by atoms with Crippen LogP contribution in [0, 0.1) is 5.82 Å². The molecule has 5 nitrogen and oxygen atoms in total. The van der Waals surface area contributed by atoms with Crippen LogP contribution in [0.3, 0.4) is 0 Å². The maximum absolute atomic E-state index is 14.1. The molecule has 0 radical (unpaired) electrons. The van der Waals surface area contributed by atoms with Crippen molar-refractivity contribution in [3.63, 3.8) is 0 Å². The summed E-state index contributed by atoms with van der Waals surface area (Å²) in [6.07, 6.45) is 0.844. The van der Waals surface area contributed by atoms with Gasteiger partial charge < -0.3 is 15.1 Å². The zero-order valence-corrected chi connectivity index (χ0v) is 18.1. The van der Waals surface area contributed by atoms with Gasteiger partial charge in [-0.25, -0.2) is 4.39 Å². The average Bonchev–Trinajstić information content (AvgIpc) is 3.33. The summed E-state index contributed by atoms with van der Waals surface area (Å²) in [6.45, 7) is 7.17. The number of hydrogen-bond acceptors (Lipinski definition) is 2. The highest BCUT2D eigenvalue weighted by Gasteiger charge is 2.42. The molecule has 1 saturated heterocycles. The number of amides is 1. The average molecular weight is 495 g/mol. The first-order chi connectivity index (χ1) is 12.0. The van der Waals surface area contributed by atoms with Gasteiger partial charge in [-0.2, -0.15) is 0 Å². The van der Waals surface area contributed by atoms with Crippen molar-refractivity contribution < 1.29 is 9.18 Å². The maximum atomic E-state index is 14.1. The normalized spacial score (nSPS) is 22.7. The van der Waals surface area contributed by atoms with Crippen LogP contribution in [0.1, 0.15) is 31.7 Å². The Balaban J connectivity index is 0.00000243. The van der Waals surface area contributed by atoms with E-state index in [-0.39, 0.29) is 47.7 Å². The Labute approximate surface area is 176 Å². The second-order valence-electron chi connectivity index (χ2n) is 6.52. The van der Waals surface area contributed by atoms with E-state index in [1.165, 1.54) is 6.07 Å². The Bertz CT molecular complexity index is 659. The summed E-state index contributed by atoms with van der Waals surface area (Å²) in [4.78, 5) is 20.1. The molecular formula is C18H25ClFIN4O. The van der Waals surface area contributed by atoms with Gasteiger partial charge in [0, 0.05) is 62.2 Å². The number of carbonyl (C=O) groups is 1. The quantitative estimate of drug-likeness (QED) is 0.399. The summed E-state index contributed by atoms with van der Waals surface area (Å²) < 4.78 is 14.1. The Hall–Kier alpha value is -1.09. The van der Waals surface area contributed by atoms with E-state index in [2.05, 4.69) is 15.2 Å². The molecule has 1 aliphatic carbocycles. The van der Waals surface area contributed by atoms with E-state index < -0.39 is 0 Å². The summed E-state index contributed by atoms with van der Waals surface area (Å²) in [6, 6.07) is 4.96. The van der Waals surface area contributed by atoms with E-state index in [0.29, 0.717) is 30.2 Å². The summed E-state index contributed by atoms with van der Waals surface area (Å²) >= 11 is 6.18. The van der Waals surface area contributed by atoms with Gasteiger partial charge in [0.05, 0.1) is 0 Å². The Morgan fingerprint density at radius 2 is 1.96 bits per heavy atom. The third-order valence-electron chi connectivity index (χ3n) is 4.81. The number of piperazine rings is 1. The molecule has 1 N–H and O–H groups in total. The fraction of sp³-hybridized carbons (Fsp3) is 0.556. The van der Waals surface area contributed by atoms with Crippen molar-refractivity contribution in [2.75, 3.05) is 32.7 Å². The third-order valence-corrected chi connectivity index (χ3v) is 5.14. The number of hydrogen-bond donors (Lipinski definition) is 1. The van der Waals surface area contributed by atoms with Crippen LogP contribution in [0.5, 0.6) is 0 Å². The van der Waals surface area contributed by atoms with Crippen LogP contribution in [0.4, 0.5) is 4.39 Å². The molecular weight excluding hydrogens is 470 g/mol. The van der Waals surface area contributed by atoms with Crippen molar-refractivity contribution in [2.45, 2.75) is 32.2 Å². The lowest BCUT2D eigenvalue weighted by molar-refractivity contribution is -0.130. The number of nitrogens with one attached hydrogen (secondary N) is 1. The van der Waals surface area contributed by atoms with Crippen LogP contribution in [0.15, 0.2) is 23.2 Å². The van der Waals surface area contributed by atoms with Crippen LogP contribution in [-0.2, 0) is 4.79 Å². The van der Waals surface area contributed by atoms with Crippen molar-refractivity contribution >= 4 is 47.4 Å². The molecule has 3 rings (SSSR count). The van der Waals surface area contributed by atoms with E-state index in [1.54, 1.807) is 19.1 Å². The fourth-order valence-electron chi connectivity index (χ4n) is 3.32. The van der Waals surface area contributed by atoms with E-state index >= 15 is 0 Å². The van der Waals surface area contributed by atoms with Gasteiger partial charge in [-0.3, -0.25) is 9.79 Å². The molecule has 1 aromatic carbocycles. The number of aliphatic imine (C=N–C) groups is 1. The molecule has 2 aliphatic rings. The van der Waals surface area contributed by atoms with Crippen LogP contribution < -0.4 is 5.32 Å². The smallest absolute Gasteiger partial charge is 0.219 e. The molecule has 144 valence electrons. The predicted molar refractivity (Wildman–Crippen MR) is 113 cm³/mol. The standard InChI is InChI=1S/C18H24ClFN4O.HI/c1-3-21-18(24-9-7-23(8-10-24)12(2)25)22-16-11-13(16)17-14(19)5-4-6-15(17)20;/h4-6,13,16H,3,7-11H2,1-2H3,(H,21,22);1H. The van der Waals surface area contributed by atoms with Gasteiger partial charge in [0.2, 0.25) is 5.91 Å². The lowest BCUT2D eigenvalue weighted by Crippen LogP contribution is -2.53. The fourth-order valence-corrected chi connectivity index (χ4v) is 3.63. The highest BCUT2D eigenvalue weighted by Crippen LogP contribution is 2.45. The van der Waals surface area contributed by atoms with E-state index in [9.17, 15) is 9.18 Å². The molecule has 0 spiro atoms. The zero-order valence-electron chi connectivity index (χ0n) is 15.0. The summed E-state index contributed by atoms with van der Waals surface area (Å²) in [5.41, 5.74) is 0.596. The van der Waals surface area contributed by atoms with Gasteiger partial charge in [-0.1, -0.05) is 17.7 Å². The second-order valence-corrected chi connectivity index (χ2v) is 6.93. The maximum Gasteiger partial charge on any atom is 0.219 e. The minimum absolute atomic E-state index is 0. The van der Waals surface area contributed by atoms with Gasteiger partial charge in [-0.15, -0.1) is 24.0 Å². The molecule has 1 saturated carbocycles. The third kappa shape index (κ3) is 4.79. The van der Waals surface area contributed by atoms with Gasteiger partial charge >= 0.3 is 0 Å². The molecule has 1 amide bonds. The molecule has 1 aromatic rings. The Morgan fingerprint density at radius 3 is 2.54 bits per heavy atom. The van der Waals surface area contributed by atoms with Gasteiger partial charge in [0.25, 0.3) is 0 Å². The van der Waals surface area contributed by atoms with Crippen LogP contribution in [0.2, 0.25) is 5.02 Å². The first-order valence-electron chi connectivity index (χ1n) is 8.76. The van der Waals surface area contributed by atoms with Crippen molar-refractivity contribution in [3.05, 3.63) is 34.6 Å². The topological polar surface area (TPSA) is 47.9 Å². The van der Waals surface area contributed by atoms with E-state index in [1.807, 2.05) is 11.8 Å². The highest BCUT2D eigenvalue weighted by molar-refractivity contribution is 14.0. The molecule has 1 aliphatic heterocycles. The van der Waals surface area contributed by atoms with Crippen molar-refractivity contribution in [2.24, 2.45) is 4.99 Å². The molecule has 0 bridgehead atoms. The SMILES string of the molecule is CCN=C(NC1CC1c1c(F)cccc1Cl)N1CCN(C(C)=O)CC1.I. The van der Waals surface area contributed by atoms with E-state index in [4.69, 9.17) is 11.6 Å². The number of benzene rings is 1. The number of rotatable bonds is 3. The van der Waals surface area contributed by atoms with Gasteiger partial charge in [0.15, 0.2) is 5.96 Å². The van der Waals surface area contributed by atoms with Crippen LogP contribution in [-0.4, -0.2) is 60.4 Å². The highest BCUT2D eigenvalue weighted by atomic mass is 127. The first-order valence-corrected chi connectivity index (χ1v) is 9.14. The minimum Gasteiger partial charge on any atom is -0.353 e. The zero-order chi connectivity index (χ0) is 18.0. The predicted octanol–water partition coefficient (Wildman–Crippen LogP) is 3.08. The van der Waals surface area contributed by atoms with E-state index in [0.717, 1.165) is 25.5 Å². The Morgan fingerprint density at radius 1 is 1.31 bits per heavy atom. The summed E-state index contributed by atoms with van der Waals surface area (Å²) in [7, 11) is 0. The molecule has 2 fully saturated rings. The molecule has 2 atom stereocenters. The molecule has 8 heteroatoms. The van der Waals surface area contributed by atoms with Crippen LogP contribution in [0.25, 0.3) is 0 Å². The summed E-state index contributed by atoms with van der Waals surface area (Å²) in [5, 5.41) is 3.94. The molecule has 26 heavy (non-hydrogen) atoms. The number of guanidine groups is 1. The van der Waals surface area contributed by atoms with Gasteiger partial charge in [-0.05, 0) is 25.5 Å². The minimum atomic E-state index is -0.245. The second kappa shape index (κ2) is 9.21. The largest absolute Gasteiger partial charge is 0.353 e. The van der Waals surface area contributed by atoms with Gasteiger partial charge in [0.1, 0.15) is 5.82 Å². The Kier molecular flexibility index (Phi) is 7.52. The molecule has 2 unspecified atom stereocenters. The number of halogens is 3. The van der Waals surface area contributed by atoms with Crippen LogP contribution >= 0.6 is 35.6 Å². The molecule has 0 aromatic heterocycles. The number of nitrogens with zero attached hydrogens (tertiary/aromatic N) is 3. The van der Waals surface area contributed by atoms with Crippen molar-refractivity contribution in [1.82, 2.24) is 15.1 Å². The molecule has 1 heterocycles. The lowest BCUT2D eigenvalue weighted by Gasteiger charge is -2.36. The monoisotopic (exact) mass is 494 g/mol. The summed E-state index contributed by atoms with van der Waals surface area (Å²) in [5.74, 6) is 0.781. The van der Waals surface area contributed by atoms with Crippen molar-refractivity contribution in [3.8, 4) is 0 Å².